The fourth-order valence-corrected chi connectivity index (χ4v) is 5.54. The molecule has 9 nitrogen and oxygen atoms in total. The number of nitrogens with one attached hydrogen (secondary N) is 1. The van der Waals surface area contributed by atoms with Crippen molar-refractivity contribution < 1.29 is 13.6 Å². The molecule has 0 spiro atoms. The molecule has 0 bridgehead atoms. The summed E-state index contributed by atoms with van der Waals surface area (Å²) in [4.78, 5) is 45.1. The van der Waals surface area contributed by atoms with Gasteiger partial charge in [0.2, 0.25) is 0 Å². The fraction of sp³-hybridized carbons (Fsp3) is 0.400. The molecule has 0 saturated carbocycles. The number of aromatic amines is 1. The molecule has 5 heterocycles. The van der Waals surface area contributed by atoms with Crippen molar-refractivity contribution in [2.24, 2.45) is 5.92 Å². The van der Waals surface area contributed by atoms with Gasteiger partial charge in [-0.2, -0.15) is 0 Å². The molecule has 2 atom stereocenters. The number of alkyl halides is 1. The monoisotopic (exact) mass is 493 g/mol. The summed E-state index contributed by atoms with van der Waals surface area (Å²) < 4.78 is 29.6. The van der Waals surface area contributed by atoms with Crippen molar-refractivity contribution in [1.82, 2.24) is 29.4 Å². The normalized spacial score (nSPS) is 22.8. The van der Waals surface area contributed by atoms with Crippen molar-refractivity contribution in [3.63, 3.8) is 0 Å². The number of amides is 1. The zero-order valence-corrected chi connectivity index (χ0v) is 19.7. The van der Waals surface area contributed by atoms with Gasteiger partial charge in [0.05, 0.1) is 5.52 Å². The first-order valence-corrected chi connectivity index (χ1v) is 12.1. The van der Waals surface area contributed by atoms with Crippen LogP contribution in [0.4, 0.5) is 14.6 Å². The second-order valence-corrected chi connectivity index (χ2v) is 9.57. The zero-order valence-electron chi connectivity index (χ0n) is 19.7. The van der Waals surface area contributed by atoms with Crippen LogP contribution in [0.25, 0.3) is 11.2 Å². The molecular weight excluding hydrogens is 468 g/mol. The second kappa shape index (κ2) is 8.65. The first-order chi connectivity index (χ1) is 17.4. The number of nitrogens with zero attached hydrogens (tertiary/aromatic N) is 6. The van der Waals surface area contributed by atoms with Crippen LogP contribution in [0.3, 0.4) is 0 Å². The lowest BCUT2D eigenvalue weighted by Crippen LogP contribution is -2.37. The molecule has 3 aromatic rings. The first-order valence-electron chi connectivity index (χ1n) is 12.1. The molecule has 3 aliphatic rings. The maximum Gasteiger partial charge on any atom is 0.327 e. The molecule has 0 aromatic carbocycles. The Morgan fingerprint density at radius 3 is 2.81 bits per heavy atom. The fourth-order valence-electron chi connectivity index (χ4n) is 5.54. The Kier molecular flexibility index (Phi) is 5.42. The van der Waals surface area contributed by atoms with Gasteiger partial charge in [0.25, 0.3) is 5.91 Å². The van der Waals surface area contributed by atoms with Gasteiger partial charge >= 0.3 is 5.69 Å². The third-order valence-electron chi connectivity index (χ3n) is 7.37. The smallest absolute Gasteiger partial charge is 0.327 e. The number of hydrogen-bond acceptors (Lipinski definition) is 6. The van der Waals surface area contributed by atoms with Crippen LogP contribution in [-0.2, 0) is 0 Å². The van der Waals surface area contributed by atoms with Crippen LogP contribution in [0.2, 0.25) is 0 Å². The third kappa shape index (κ3) is 3.69. The number of hydrogen-bond donors (Lipinski definition) is 1. The predicted octanol–water partition coefficient (Wildman–Crippen LogP) is 3.30. The molecule has 1 saturated heterocycles. The summed E-state index contributed by atoms with van der Waals surface area (Å²) in [6.45, 7) is 3.56. The maximum atomic E-state index is 14.1. The quantitative estimate of drug-likeness (QED) is 0.601. The number of anilines is 1. The average molecular weight is 494 g/mol. The molecule has 36 heavy (non-hydrogen) atoms. The van der Waals surface area contributed by atoms with Crippen molar-refractivity contribution in [3.05, 3.63) is 70.1 Å². The highest BCUT2D eigenvalue weighted by atomic mass is 19.2. The number of halogens is 2. The van der Waals surface area contributed by atoms with Crippen molar-refractivity contribution >= 4 is 22.9 Å². The van der Waals surface area contributed by atoms with Crippen LogP contribution in [0.1, 0.15) is 42.7 Å². The molecule has 1 fully saturated rings. The van der Waals surface area contributed by atoms with Gasteiger partial charge in [0, 0.05) is 56.0 Å². The highest BCUT2D eigenvalue weighted by Gasteiger charge is 2.38. The topological polar surface area (TPSA) is 100 Å². The van der Waals surface area contributed by atoms with Crippen molar-refractivity contribution in [2.75, 3.05) is 24.5 Å². The Labute approximate surface area is 205 Å². The molecule has 186 valence electrons. The predicted molar refractivity (Wildman–Crippen MR) is 129 cm³/mol. The van der Waals surface area contributed by atoms with Crippen LogP contribution in [0, 0.1) is 5.92 Å². The minimum Gasteiger partial charge on any atom is -0.356 e. The van der Waals surface area contributed by atoms with E-state index in [0.29, 0.717) is 42.4 Å². The number of imidazole rings is 1. The van der Waals surface area contributed by atoms with Gasteiger partial charge in [-0.05, 0) is 36.6 Å². The van der Waals surface area contributed by atoms with Gasteiger partial charge in [0.15, 0.2) is 11.8 Å². The maximum absolute atomic E-state index is 14.1. The lowest BCUT2D eigenvalue weighted by Gasteiger charge is -2.33. The summed E-state index contributed by atoms with van der Waals surface area (Å²) in [6, 6.07) is 5.38. The van der Waals surface area contributed by atoms with E-state index >= 15 is 0 Å². The Morgan fingerprint density at radius 2 is 2.00 bits per heavy atom. The molecule has 1 aliphatic carbocycles. The number of H-pyrrole nitrogens is 1. The van der Waals surface area contributed by atoms with E-state index in [4.69, 9.17) is 0 Å². The summed E-state index contributed by atoms with van der Waals surface area (Å²) in [5.74, 6) is -0.579. The number of carbonyl (C=O) groups is 1. The molecule has 1 N–H and O–H groups in total. The summed E-state index contributed by atoms with van der Waals surface area (Å²) in [7, 11) is 0. The highest BCUT2D eigenvalue weighted by Crippen LogP contribution is 2.39. The first kappa shape index (κ1) is 22.6. The SMILES string of the molecule is CC1CN(C(=O)c2cc(N3CCC(n4c(=O)[nH]c5ncccc54)CC3)ncn2)C2=C1C=C(F)C(F)C2. The third-order valence-corrected chi connectivity index (χ3v) is 7.37. The van der Waals surface area contributed by atoms with Crippen molar-refractivity contribution in [3.8, 4) is 0 Å². The van der Waals surface area contributed by atoms with Crippen molar-refractivity contribution in [2.45, 2.75) is 38.4 Å². The van der Waals surface area contributed by atoms with Gasteiger partial charge in [-0.15, -0.1) is 0 Å². The number of carbonyl (C=O) groups excluding carboxylic acids is 1. The molecule has 6 rings (SSSR count). The number of pyridine rings is 1. The molecule has 2 aliphatic heterocycles. The van der Waals surface area contributed by atoms with Gasteiger partial charge in [-0.25, -0.2) is 28.5 Å². The summed E-state index contributed by atoms with van der Waals surface area (Å²) in [5, 5.41) is 0. The van der Waals surface area contributed by atoms with Crippen LogP contribution in [-0.4, -0.2) is 61.1 Å². The summed E-state index contributed by atoms with van der Waals surface area (Å²) in [6.07, 6.45) is 3.81. The van der Waals surface area contributed by atoms with Gasteiger partial charge in [0.1, 0.15) is 23.7 Å². The Hall–Kier alpha value is -3.89. The standard InChI is InChI=1S/C25H25F2N7O2/c1-14-12-33(21-10-18(27)17(26)9-16(14)21)24(35)19-11-22(30-13-29-19)32-7-4-15(5-8-32)34-20-3-2-6-28-23(20)31-25(34)36/h2-3,6,9,11,13-15,18H,4-5,7-8,10,12H2,1H3,(H,28,31,36). The van der Waals surface area contributed by atoms with E-state index in [1.165, 1.54) is 17.3 Å². The second-order valence-electron chi connectivity index (χ2n) is 9.57. The van der Waals surface area contributed by atoms with E-state index in [-0.39, 0.29) is 35.7 Å². The largest absolute Gasteiger partial charge is 0.356 e. The lowest BCUT2D eigenvalue weighted by molar-refractivity contribution is 0.0796. The van der Waals surface area contributed by atoms with E-state index in [9.17, 15) is 18.4 Å². The Balaban J connectivity index is 1.19. The van der Waals surface area contributed by atoms with Gasteiger partial charge in [-0.1, -0.05) is 6.92 Å². The molecule has 1 amide bonds. The molecule has 11 heteroatoms. The molecule has 0 radical (unpaired) electrons. The minimum atomic E-state index is -1.73. The summed E-state index contributed by atoms with van der Waals surface area (Å²) in [5.41, 5.74) is 2.62. The van der Waals surface area contributed by atoms with Gasteiger partial charge < -0.3 is 9.80 Å². The van der Waals surface area contributed by atoms with Crippen LogP contribution >= 0.6 is 0 Å². The average Bonchev–Trinajstić information content (AvgIpc) is 3.39. The van der Waals surface area contributed by atoms with Crippen molar-refractivity contribution in [1.29, 1.82) is 0 Å². The minimum absolute atomic E-state index is 0.0273. The number of aromatic nitrogens is 5. The molecule has 2 unspecified atom stereocenters. The number of fused-ring (bicyclic) bond motifs is 1. The highest BCUT2D eigenvalue weighted by molar-refractivity contribution is 5.94. The van der Waals surface area contributed by atoms with Gasteiger partial charge in [-0.3, -0.25) is 14.3 Å². The number of allylic oxidation sites excluding steroid dienone is 3. The van der Waals surface area contributed by atoms with E-state index in [2.05, 4.69) is 24.8 Å². The van der Waals surface area contributed by atoms with E-state index in [0.717, 1.165) is 18.4 Å². The molecular formula is C25H25F2N7O2. The number of piperidine rings is 1. The van der Waals surface area contributed by atoms with Crippen LogP contribution < -0.4 is 10.6 Å². The Bertz CT molecular complexity index is 1470. The lowest BCUT2D eigenvalue weighted by atomic mass is 9.95. The number of rotatable bonds is 3. The van der Waals surface area contributed by atoms with E-state index < -0.39 is 12.0 Å². The summed E-state index contributed by atoms with van der Waals surface area (Å²) >= 11 is 0. The van der Waals surface area contributed by atoms with Crippen LogP contribution in [0.15, 0.2) is 58.7 Å². The Morgan fingerprint density at radius 1 is 1.19 bits per heavy atom. The molecule has 3 aromatic heterocycles. The van der Waals surface area contributed by atoms with E-state index in [1.807, 2.05) is 19.1 Å². The van der Waals surface area contributed by atoms with Crippen LogP contribution in [0.5, 0.6) is 0 Å². The zero-order chi connectivity index (χ0) is 25.0. The van der Waals surface area contributed by atoms with E-state index in [1.54, 1.807) is 16.8 Å².